The molecule has 2 aromatic carbocycles. The van der Waals surface area contributed by atoms with Gasteiger partial charge in [0, 0.05) is 39.3 Å². The van der Waals surface area contributed by atoms with Crippen molar-refractivity contribution >= 4 is 11.0 Å². The van der Waals surface area contributed by atoms with Crippen LogP contribution in [0.5, 0.6) is 0 Å². The van der Waals surface area contributed by atoms with E-state index in [1.54, 1.807) is 0 Å². The number of benzene rings is 2. The highest BCUT2D eigenvalue weighted by Crippen LogP contribution is 2.17. The standard InChI is InChI=1S/C25H34N4O/c1-21-26-23-12-6-7-13-24(23)29(21)15-9-3-8-14-27-16-18-28(19-17-27)20-25(30)22-10-4-2-5-11-22/h2,4-7,10-13,25,30H,3,8-9,14-20H2,1H3. The van der Waals surface area contributed by atoms with Crippen molar-refractivity contribution in [3.8, 4) is 0 Å². The summed E-state index contributed by atoms with van der Waals surface area (Å²) in [7, 11) is 0. The summed E-state index contributed by atoms with van der Waals surface area (Å²) in [5.41, 5.74) is 3.37. The van der Waals surface area contributed by atoms with Crippen molar-refractivity contribution in [3.05, 3.63) is 66.0 Å². The third-order valence-electron chi connectivity index (χ3n) is 6.28. The molecule has 2 heterocycles. The normalized spacial score (nSPS) is 16.9. The first kappa shape index (κ1) is 21.0. The number of hydrogen-bond acceptors (Lipinski definition) is 4. The lowest BCUT2D eigenvalue weighted by molar-refractivity contribution is 0.0719. The summed E-state index contributed by atoms with van der Waals surface area (Å²) in [5, 5.41) is 10.4. The molecule has 1 unspecified atom stereocenters. The van der Waals surface area contributed by atoms with Gasteiger partial charge in [-0.05, 0) is 44.0 Å². The zero-order valence-corrected chi connectivity index (χ0v) is 18.1. The topological polar surface area (TPSA) is 44.5 Å². The first-order chi connectivity index (χ1) is 14.7. The molecule has 1 saturated heterocycles. The third kappa shape index (κ3) is 5.28. The number of nitrogens with zero attached hydrogens (tertiary/aromatic N) is 4. The number of hydrogen-bond donors (Lipinski definition) is 1. The summed E-state index contributed by atoms with van der Waals surface area (Å²) in [6.07, 6.45) is 3.31. The maximum atomic E-state index is 10.4. The van der Waals surface area contributed by atoms with Crippen molar-refractivity contribution in [3.63, 3.8) is 0 Å². The van der Waals surface area contributed by atoms with Crippen LogP contribution in [0, 0.1) is 6.92 Å². The Labute approximate surface area is 179 Å². The molecule has 1 aliphatic rings. The fraction of sp³-hybridized carbons (Fsp3) is 0.480. The maximum absolute atomic E-state index is 10.4. The van der Waals surface area contributed by atoms with Crippen LogP contribution >= 0.6 is 0 Å². The Bertz CT molecular complexity index is 915. The predicted octanol–water partition coefficient (Wildman–Crippen LogP) is 3.87. The van der Waals surface area contributed by atoms with Crippen LogP contribution < -0.4 is 0 Å². The number of imidazole rings is 1. The molecular formula is C25H34N4O. The zero-order chi connectivity index (χ0) is 20.8. The number of aliphatic hydroxyl groups is 1. The molecule has 3 aromatic rings. The molecule has 1 fully saturated rings. The molecule has 0 aliphatic carbocycles. The first-order valence-electron chi connectivity index (χ1n) is 11.3. The van der Waals surface area contributed by atoms with Crippen LogP contribution in [0.25, 0.3) is 11.0 Å². The SMILES string of the molecule is Cc1nc2ccccc2n1CCCCCN1CCN(CC(O)c2ccccc2)CC1. The van der Waals surface area contributed by atoms with Gasteiger partial charge in [0.25, 0.3) is 0 Å². The van der Waals surface area contributed by atoms with E-state index in [2.05, 4.69) is 50.5 Å². The third-order valence-corrected chi connectivity index (χ3v) is 6.28. The molecule has 5 heteroatoms. The molecule has 4 rings (SSSR count). The second kappa shape index (κ2) is 10.2. The number of aryl methyl sites for hydroxylation is 2. The molecule has 0 radical (unpaired) electrons. The summed E-state index contributed by atoms with van der Waals surface area (Å²) >= 11 is 0. The Morgan fingerprint density at radius 2 is 1.50 bits per heavy atom. The molecule has 0 saturated carbocycles. The molecule has 0 amide bonds. The lowest BCUT2D eigenvalue weighted by Gasteiger charge is -2.35. The van der Waals surface area contributed by atoms with Crippen molar-refractivity contribution in [2.75, 3.05) is 39.3 Å². The van der Waals surface area contributed by atoms with Crippen LogP contribution in [0.4, 0.5) is 0 Å². The number of fused-ring (bicyclic) bond motifs is 1. The molecule has 0 bridgehead atoms. The molecule has 160 valence electrons. The molecule has 1 aliphatic heterocycles. The summed E-state index contributed by atoms with van der Waals surface area (Å²) in [6.45, 7) is 9.37. The highest BCUT2D eigenvalue weighted by atomic mass is 16.3. The van der Waals surface area contributed by atoms with Crippen LogP contribution in [0.15, 0.2) is 54.6 Å². The Kier molecular flexibility index (Phi) is 7.16. The Balaban J connectivity index is 1.13. The van der Waals surface area contributed by atoms with Gasteiger partial charge in [-0.1, -0.05) is 48.9 Å². The van der Waals surface area contributed by atoms with E-state index in [1.165, 1.54) is 31.3 Å². The van der Waals surface area contributed by atoms with E-state index in [1.807, 2.05) is 30.3 Å². The molecule has 5 nitrogen and oxygen atoms in total. The lowest BCUT2D eigenvalue weighted by atomic mass is 10.1. The fourth-order valence-electron chi connectivity index (χ4n) is 4.48. The van der Waals surface area contributed by atoms with Crippen molar-refractivity contribution in [1.82, 2.24) is 19.4 Å². The van der Waals surface area contributed by atoms with E-state index in [0.717, 1.165) is 56.2 Å². The Morgan fingerprint density at radius 1 is 0.833 bits per heavy atom. The molecule has 1 atom stereocenters. The van der Waals surface area contributed by atoms with E-state index in [4.69, 9.17) is 0 Å². The van der Waals surface area contributed by atoms with Crippen molar-refractivity contribution < 1.29 is 5.11 Å². The highest BCUT2D eigenvalue weighted by molar-refractivity contribution is 5.75. The number of piperazine rings is 1. The summed E-state index contributed by atoms with van der Waals surface area (Å²) < 4.78 is 2.35. The summed E-state index contributed by atoms with van der Waals surface area (Å²) in [5.74, 6) is 1.12. The van der Waals surface area contributed by atoms with E-state index >= 15 is 0 Å². The van der Waals surface area contributed by atoms with Gasteiger partial charge in [-0.3, -0.25) is 4.90 Å². The van der Waals surface area contributed by atoms with Gasteiger partial charge in [-0.15, -0.1) is 0 Å². The van der Waals surface area contributed by atoms with E-state index in [0.29, 0.717) is 0 Å². The van der Waals surface area contributed by atoms with Gasteiger partial charge in [-0.2, -0.15) is 0 Å². The fourth-order valence-corrected chi connectivity index (χ4v) is 4.48. The average Bonchev–Trinajstić information content (AvgIpc) is 3.10. The van der Waals surface area contributed by atoms with Gasteiger partial charge in [0.2, 0.25) is 0 Å². The van der Waals surface area contributed by atoms with Crippen molar-refractivity contribution in [2.45, 2.75) is 38.8 Å². The van der Waals surface area contributed by atoms with E-state index in [9.17, 15) is 5.11 Å². The van der Waals surface area contributed by atoms with E-state index in [-0.39, 0.29) is 6.10 Å². The van der Waals surface area contributed by atoms with Crippen LogP contribution in [-0.2, 0) is 6.54 Å². The van der Waals surface area contributed by atoms with Gasteiger partial charge in [0.05, 0.1) is 17.1 Å². The molecule has 1 N–H and O–H groups in total. The number of para-hydroxylation sites is 2. The average molecular weight is 407 g/mol. The first-order valence-corrected chi connectivity index (χ1v) is 11.3. The molecule has 30 heavy (non-hydrogen) atoms. The maximum Gasteiger partial charge on any atom is 0.106 e. The predicted molar refractivity (Wildman–Crippen MR) is 123 cm³/mol. The second-order valence-electron chi connectivity index (χ2n) is 8.43. The smallest absolute Gasteiger partial charge is 0.106 e. The van der Waals surface area contributed by atoms with Crippen molar-refractivity contribution in [2.24, 2.45) is 0 Å². The van der Waals surface area contributed by atoms with Gasteiger partial charge in [-0.25, -0.2) is 4.98 Å². The van der Waals surface area contributed by atoms with Crippen LogP contribution in [0.1, 0.15) is 36.8 Å². The van der Waals surface area contributed by atoms with Crippen molar-refractivity contribution in [1.29, 1.82) is 0 Å². The molecule has 1 aromatic heterocycles. The van der Waals surface area contributed by atoms with Gasteiger partial charge >= 0.3 is 0 Å². The van der Waals surface area contributed by atoms with E-state index < -0.39 is 0 Å². The molecule has 0 spiro atoms. The largest absolute Gasteiger partial charge is 0.387 e. The second-order valence-corrected chi connectivity index (χ2v) is 8.43. The van der Waals surface area contributed by atoms with Crippen LogP contribution in [0.3, 0.4) is 0 Å². The van der Waals surface area contributed by atoms with Gasteiger partial charge in [0.15, 0.2) is 0 Å². The number of rotatable bonds is 9. The quantitative estimate of drug-likeness (QED) is 0.548. The number of aromatic nitrogens is 2. The van der Waals surface area contributed by atoms with Crippen LogP contribution in [-0.4, -0.2) is 63.7 Å². The Morgan fingerprint density at radius 3 is 2.30 bits per heavy atom. The minimum atomic E-state index is -0.388. The monoisotopic (exact) mass is 406 g/mol. The summed E-state index contributed by atoms with van der Waals surface area (Å²) in [4.78, 5) is 9.63. The molecular weight excluding hydrogens is 372 g/mol. The zero-order valence-electron chi connectivity index (χ0n) is 18.1. The van der Waals surface area contributed by atoms with Crippen LogP contribution in [0.2, 0.25) is 0 Å². The highest BCUT2D eigenvalue weighted by Gasteiger charge is 2.19. The minimum absolute atomic E-state index is 0.388. The van der Waals surface area contributed by atoms with Gasteiger partial charge < -0.3 is 14.6 Å². The Hall–Kier alpha value is -2.21. The van der Waals surface area contributed by atoms with Gasteiger partial charge in [0.1, 0.15) is 5.82 Å². The summed E-state index contributed by atoms with van der Waals surface area (Å²) in [6, 6.07) is 18.4. The lowest BCUT2D eigenvalue weighted by Crippen LogP contribution is -2.47. The number of β-amino-alcohol motifs (C(OH)–C–C–N with tert-alkyl or cyclic N) is 1. The number of aliphatic hydroxyl groups excluding tert-OH is 1. The minimum Gasteiger partial charge on any atom is -0.387 e. The number of unbranched alkanes of at least 4 members (excludes halogenated alkanes) is 2.